The van der Waals surface area contributed by atoms with Gasteiger partial charge in [-0.15, -0.1) is 11.8 Å². The van der Waals surface area contributed by atoms with Gasteiger partial charge in [-0.05, 0) is 48.4 Å². The van der Waals surface area contributed by atoms with Crippen LogP contribution in [-0.2, 0) is 23.5 Å². The second-order valence-corrected chi connectivity index (χ2v) is 9.17. The van der Waals surface area contributed by atoms with Crippen LogP contribution in [0.2, 0.25) is 5.02 Å². The number of hydrogen-bond acceptors (Lipinski definition) is 7. The van der Waals surface area contributed by atoms with Crippen LogP contribution >= 0.6 is 34.7 Å². The van der Waals surface area contributed by atoms with Crippen LogP contribution in [0, 0.1) is 0 Å². The first-order valence-corrected chi connectivity index (χ1v) is 11.7. The van der Waals surface area contributed by atoms with Crippen molar-refractivity contribution in [2.24, 2.45) is 0 Å². The van der Waals surface area contributed by atoms with Crippen LogP contribution in [0.15, 0.2) is 64.3 Å². The lowest BCUT2D eigenvalue weighted by molar-refractivity contribution is 0.0467. The molecular weight excluding hydrogens is 454 g/mol. The summed E-state index contributed by atoms with van der Waals surface area (Å²) in [5, 5.41) is 5.75. The molecule has 2 heterocycles. The molecule has 0 fully saturated rings. The Labute approximate surface area is 191 Å². The zero-order chi connectivity index (χ0) is 21.8. The number of nitrogens with zero attached hydrogens (tertiary/aromatic N) is 3. The Morgan fingerprint density at radius 1 is 1.16 bits per heavy atom. The van der Waals surface area contributed by atoms with Gasteiger partial charge in [0.15, 0.2) is 0 Å². The van der Waals surface area contributed by atoms with E-state index in [1.165, 1.54) is 21.9 Å². The van der Waals surface area contributed by atoms with E-state index in [1.807, 2.05) is 43.3 Å². The summed E-state index contributed by atoms with van der Waals surface area (Å²) in [7, 11) is 0. The first kappa shape index (κ1) is 21.5. The summed E-state index contributed by atoms with van der Waals surface area (Å²) in [5.74, 6) is 0.317. The Bertz CT molecular complexity index is 1270. The fraction of sp³-hybridized carbons (Fsp3) is 0.182. The van der Waals surface area contributed by atoms with Crippen molar-refractivity contribution in [2.45, 2.75) is 30.6 Å². The standard InChI is InChI=1S/C22H18ClN3O3S2/c1-2-19-25-26-20(27)11-17(24-22(26)31-19)12-29-21(28)15-5-3-14(4-6-15)13-30-18-9-7-16(23)8-10-18/h3-11H,2,12-13H2,1H3. The van der Waals surface area contributed by atoms with Crippen molar-refractivity contribution in [2.75, 3.05) is 0 Å². The minimum atomic E-state index is -0.461. The third-order valence-electron chi connectivity index (χ3n) is 4.40. The Morgan fingerprint density at radius 3 is 2.61 bits per heavy atom. The Morgan fingerprint density at radius 2 is 1.90 bits per heavy atom. The SMILES string of the molecule is CCc1nn2c(=O)cc(COC(=O)c3ccc(CSc4ccc(Cl)cc4)cc3)nc2s1. The van der Waals surface area contributed by atoms with E-state index in [4.69, 9.17) is 16.3 Å². The first-order chi connectivity index (χ1) is 15.0. The van der Waals surface area contributed by atoms with Gasteiger partial charge < -0.3 is 4.74 Å². The number of ether oxygens (including phenoxy) is 1. The molecule has 158 valence electrons. The second-order valence-electron chi connectivity index (χ2n) is 6.65. The van der Waals surface area contributed by atoms with E-state index in [1.54, 1.807) is 23.9 Å². The van der Waals surface area contributed by atoms with Crippen LogP contribution in [0.25, 0.3) is 4.96 Å². The average molecular weight is 472 g/mol. The summed E-state index contributed by atoms with van der Waals surface area (Å²) >= 11 is 8.95. The first-order valence-electron chi connectivity index (χ1n) is 9.55. The van der Waals surface area contributed by atoms with Gasteiger partial charge in [0.05, 0.1) is 11.3 Å². The molecule has 9 heteroatoms. The molecule has 0 aliphatic rings. The fourth-order valence-electron chi connectivity index (χ4n) is 2.77. The van der Waals surface area contributed by atoms with Crippen LogP contribution in [-0.4, -0.2) is 20.6 Å². The second kappa shape index (κ2) is 9.64. The van der Waals surface area contributed by atoms with Crippen molar-refractivity contribution in [3.05, 3.63) is 91.8 Å². The summed E-state index contributed by atoms with van der Waals surface area (Å²) in [6, 6.07) is 16.3. The molecule has 6 nitrogen and oxygen atoms in total. The third-order valence-corrected chi connectivity index (χ3v) is 6.79. The molecule has 0 saturated carbocycles. The predicted molar refractivity (Wildman–Crippen MR) is 123 cm³/mol. The summed E-state index contributed by atoms with van der Waals surface area (Å²) in [6.07, 6.45) is 0.728. The topological polar surface area (TPSA) is 73.6 Å². The summed E-state index contributed by atoms with van der Waals surface area (Å²) in [5.41, 5.74) is 1.66. The lowest BCUT2D eigenvalue weighted by Crippen LogP contribution is -2.16. The van der Waals surface area contributed by atoms with Gasteiger partial charge in [0.1, 0.15) is 11.6 Å². The number of esters is 1. The maximum absolute atomic E-state index is 12.4. The number of rotatable bonds is 7. The smallest absolute Gasteiger partial charge is 0.338 e. The molecule has 4 aromatic rings. The minimum Gasteiger partial charge on any atom is -0.456 e. The molecular formula is C22H18ClN3O3S2. The molecule has 0 N–H and O–H groups in total. The number of aryl methyl sites for hydroxylation is 1. The van der Waals surface area contributed by atoms with Gasteiger partial charge in [0.2, 0.25) is 4.96 Å². The zero-order valence-corrected chi connectivity index (χ0v) is 19.0. The lowest BCUT2D eigenvalue weighted by Gasteiger charge is -2.06. The quantitative estimate of drug-likeness (QED) is 0.278. The molecule has 0 aliphatic carbocycles. The number of carbonyl (C=O) groups is 1. The normalized spacial score (nSPS) is 11.0. The maximum Gasteiger partial charge on any atom is 0.338 e. The van der Waals surface area contributed by atoms with Gasteiger partial charge in [-0.3, -0.25) is 4.79 Å². The molecule has 0 unspecified atom stereocenters. The molecule has 0 amide bonds. The summed E-state index contributed by atoms with van der Waals surface area (Å²) in [4.78, 5) is 30.6. The van der Waals surface area contributed by atoms with Gasteiger partial charge >= 0.3 is 5.97 Å². The molecule has 0 radical (unpaired) electrons. The molecule has 0 bridgehead atoms. The van der Waals surface area contributed by atoms with E-state index >= 15 is 0 Å². The molecule has 2 aromatic carbocycles. The van der Waals surface area contributed by atoms with Gasteiger partial charge in [0, 0.05) is 21.7 Å². The highest BCUT2D eigenvalue weighted by atomic mass is 35.5. The van der Waals surface area contributed by atoms with Crippen molar-refractivity contribution in [3.63, 3.8) is 0 Å². The molecule has 0 aliphatic heterocycles. The number of aromatic nitrogens is 3. The number of carbonyl (C=O) groups excluding carboxylic acids is 1. The van der Waals surface area contributed by atoms with Crippen molar-refractivity contribution in [1.29, 1.82) is 0 Å². The monoisotopic (exact) mass is 471 g/mol. The van der Waals surface area contributed by atoms with E-state index in [0.29, 0.717) is 21.2 Å². The highest BCUT2D eigenvalue weighted by Crippen LogP contribution is 2.24. The largest absolute Gasteiger partial charge is 0.456 e. The molecule has 0 atom stereocenters. The Hall–Kier alpha value is -2.68. The third kappa shape index (κ3) is 5.33. The molecule has 2 aromatic heterocycles. The van der Waals surface area contributed by atoms with Gasteiger partial charge in [-0.25, -0.2) is 9.78 Å². The number of fused-ring (bicyclic) bond motifs is 1. The van der Waals surface area contributed by atoms with E-state index in [0.717, 1.165) is 27.6 Å². The van der Waals surface area contributed by atoms with E-state index in [2.05, 4.69) is 10.1 Å². The molecule has 4 rings (SSSR count). The predicted octanol–water partition coefficient (Wildman–Crippen LogP) is 5.02. The molecule has 31 heavy (non-hydrogen) atoms. The zero-order valence-electron chi connectivity index (χ0n) is 16.6. The lowest BCUT2D eigenvalue weighted by atomic mass is 10.1. The summed E-state index contributed by atoms with van der Waals surface area (Å²) in [6.45, 7) is 1.89. The van der Waals surface area contributed by atoms with Crippen LogP contribution < -0.4 is 5.56 Å². The number of hydrogen-bond donors (Lipinski definition) is 0. The molecule has 0 spiro atoms. The van der Waals surface area contributed by atoms with Gasteiger partial charge in [0.25, 0.3) is 5.56 Å². The van der Waals surface area contributed by atoms with Crippen molar-refractivity contribution in [3.8, 4) is 0 Å². The van der Waals surface area contributed by atoms with E-state index in [-0.39, 0.29) is 12.2 Å². The number of thioether (sulfide) groups is 1. The average Bonchev–Trinajstić information content (AvgIpc) is 3.21. The van der Waals surface area contributed by atoms with Gasteiger partial charge in [-0.2, -0.15) is 9.61 Å². The van der Waals surface area contributed by atoms with Crippen LogP contribution in [0.1, 0.15) is 33.5 Å². The van der Waals surface area contributed by atoms with Crippen molar-refractivity contribution < 1.29 is 9.53 Å². The van der Waals surface area contributed by atoms with Crippen molar-refractivity contribution in [1.82, 2.24) is 14.6 Å². The van der Waals surface area contributed by atoms with Gasteiger partial charge in [-0.1, -0.05) is 42.0 Å². The number of benzene rings is 2. The maximum atomic E-state index is 12.4. The van der Waals surface area contributed by atoms with Crippen LogP contribution in [0.5, 0.6) is 0 Å². The van der Waals surface area contributed by atoms with Crippen LogP contribution in [0.4, 0.5) is 0 Å². The highest BCUT2D eigenvalue weighted by molar-refractivity contribution is 7.98. The Kier molecular flexibility index (Phi) is 6.70. The Balaban J connectivity index is 1.36. The van der Waals surface area contributed by atoms with Crippen molar-refractivity contribution >= 4 is 45.6 Å². The number of halogens is 1. The van der Waals surface area contributed by atoms with Crippen LogP contribution in [0.3, 0.4) is 0 Å². The highest BCUT2D eigenvalue weighted by Gasteiger charge is 2.11. The van der Waals surface area contributed by atoms with E-state index < -0.39 is 5.97 Å². The molecule has 0 saturated heterocycles. The summed E-state index contributed by atoms with van der Waals surface area (Å²) < 4.78 is 6.62. The minimum absolute atomic E-state index is 0.0713. The fourth-order valence-corrected chi connectivity index (χ4v) is 4.61. The van der Waals surface area contributed by atoms with E-state index in [9.17, 15) is 9.59 Å².